The van der Waals surface area contributed by atoms with E-state index in [1.165, 1.54) is 25.7 Å². The standard InChI is InChI=1S/C24H50S2/c1-14-15-19(4)21(6,7)16-23(10,11)25-26-24(12,13)17-22(8,9)20(5)18(2)3/h18-20H,14-17H2,1-13H3. The first-order chi connectivity index (χ1) is 11.5. The fraction of sp³-hybridized carbons (Fsp3) is 1.00. The summed E-state index contributed by atoms with van der Waals surface area (Å²) in [4.78, 5) is 0. The molecule has 2 unspecified atom stereocenters. The van der Waals surface area contributed by atoms with E-state index in [0.717, 1.165) is 17.8 Å². The van der Waals surface area contributed by atoms with Gasteiger partial charge in [-0.15, -0.1) is 0 Å². The van der Waals surface area contributed by atoms with Crippen molar-refractivity contribution < 1.29 is 0 Å². The van der Waals surface area contributed by atoms with Crippen LogP contribution < -0.4 is 0 Å². The molecule has 0 saturated heterocycles. The van der Waals surface area contributed by atoms with Crippen LogP contribution >= 0.6 is 21.6 Å². The van der Waals surface area contributed by atoms with E-state index in [2.05, 4.69) is 112 Å². The highest BCUT2D eigenvalue weighted by molar-refractivity contribution is 8.77. The van der Waals surface area contributed by atoms with Crippen LogP contribution in [0.2, 0.25) is 0 Å². The van der Waals surface area contributed by atoms with Crippen LogP contribution in [0.25, 0.3) is 0 Å². The lowest BCUT2D eigenvalue weighted by Gasteiger charge is -2.42. The van der Waals surface area contributed by atoms with Gasteiger partial charge in [-0.3, -0.25) is 0 Å². The zero-order valence-corrected chi connectivity index (χ0v) is 22.0. The van der Waals surface area contributed by atoms with Gasteiger partial charge >= 0.3 is 0 Å². The van der Waals surface area contributed by atoms with Gasteiger partial charge < -0.3 is 0 Å². The van der Waals surface area contributed by atoms with Crippen molar-refractivity contribution >= 4 is 21.6 Å². The molecule has 2 heteroatoms. The quantitative estimate of drug-likeness (QED) is 0.298. The first-order valence-electron chi connectivity index (χ1n) is 10.8. The minimum Gasteiger partial charge on any atom is -0.0873 e. The molecule has 2 atom stereocenters. The topological polar surface area (TPSA) is 0 Å². The molecule has 0 fully saturated rings. The van der Waals surface area contributed by atoms with Gasteiger partial charge in [-0.1, -0.05) is 96.7 Å². The Labute approximate surface area is 175 Å². The van der Waals surface area contributed by atoms with E-state index in [1.54, 1.807) is 0 Å². The molecule has 0 rings (SSSR count). The molecule has 0 aliphatic carbocycles. The van der Waals surface area contributed by atoms with Gasteiger partial charge in [0, 0.05) is 9.49 Å². The van der Waals surface area contributed by atoms with Crippen LogP contribution in [0.1, 0.15) is 116 Å². The summed E-state index contributed by atoms with van der Waals surface area (Å²) in [6.07, 6.45) is 5.18. The minimum atomic E-state index is 0.299. The summed E-state index contributed by atoms with van der Waals surface area (Å²) in [6.45, 7) is 31.6. The average molecular weight is 403 g/mol. The minimum absolute atomic E-state index is 0.299. The Hall–Kier alpha value is 0.700. The lowest BCUT2D eigenvalue weighted by Crippen LogP contribution is -2.34. The molecule has 0 saturated carbocycles. The van der Waals surface area contributed by atoms with Gasteiger partial charge in [0.1, 0.15) is 0 Å². The molecule has 0 heterocycles. The number of hydrogen-bond donors (Lipinski definition) is 0. The molecule has 0 aromatic heterocycles. The highest BCUT2D eigenvalue weighted by atomic mass is 33.1. The van der Waals surface area contributed by atoms with Crippen molar-refractivity contribution in [2.45, 2.75) is 125 Å². The van der Waals surface area contributed by atoms with Gasteiger partial charge in [-0.2, -0.15) is 0 Å². The lowest BCUT2D eigenvalue weighted by molar-refractivity contribution is 0.149. The predicted octanol–water partition coefficient (Wildman–Crippen LogP) is 9.49. The molecule has 158 valence electrons. The fourth-order valence-electron chi connectivity index (χ4n) is 4.54. The second-order valence-electron chi connectivity index (χ2n) is 11.7. The Bertz CT molecular complexity index is 404. The normalized spacial score (nSPS) is 16.8. The van der Waals surface area contributed by atoms with Crippen molar-refractivity contribution in [2.24, 2.45) is 28.6 Å². The Morgan fingerprint density at radius 2 is 1.04 bits per heavy atom. The Balaban J connectivity index is 4.87. The van der Waals surface area contributed by atoms with Crippen LogP contribution in [0.4, 0.5) is 0 Å². The third-order valence-electron chi connectivity index (χ3n) is 6.54. The van der Waals surface area contributed by atoms with Gasteiger partial charge in [0.05, 0.1) is 0 Å². The lowest BCUT2D eigenvalue weighted by atomic mass is 9.69. The van der Waals surface area contributed by atoms with Crippen molar-refractivity contribution in [1.29, 1.82) is 0 Å². The molecular formula is C24H50S2. The highest BCUT2D eigenvalue weighted by Gasteiger charge is 2.38. The second-order valence-corrected chi connectivity index (χ2v) is 15.3. The van der Waals surface area contributed by atoms with Crippen molar-refractivity contribution in [1.82, 2.24) is 0 Å². The number of rotatable bonds is 12. The van der Waals surface area contributed by atoms with Crippen molar-refractivity contribution in [3.63, 3.8) is 0 Å². The van der Waals surface area contributed by atoms with E-state index in [1.807, 2.05) is 0 Å². The second kappa shape index (κ2) is 9.95. The molecule has 0 aromatic carbocycles. The average Bonchev–Trinajstić information content (AvgIpc) is 2.42. The number of hydrogen-bond acceptors (Lipinski definition) is 2. The van der Waals surface area contributed by atoms with Crippen LogP contribution in [0.5, 0.6) is 0 Å². The molecule has 0 radical (unpaired) electrons. The summed E-state index contributed by atoms with van der Waals surface area (Å²) < 4.78 is 0.606. The first kappa shape index (κ1) is 26.7. The smallest absolute Gasteiger partial charge is 0.0212 e. The van der Waals surface area contributed by atoms with Crippen LogP contribution in [0.3, 0.4) is 0 Å². The van der Waals surface area contributed by atoms with Crippen LogP contribution in [-0.4, -0.2) is 9.49 Å². The molecule has 0 bridgehead atoms. The zero-order chi connectivity index (χ0) is 21.0. The molecular weight excluding hydrogens is 352 g/mol. The maximum Gasteiger partial charge on any atom is 0.0212 e. The van der Waals surface area contributed by atoms with E-state index in [4.69, 9.17) is 0 Å². The van der Waals surface area contributed by atoms with Gasteiger partial charge in [0.25, 0.3) is 0 Å². The largest absolute Gasteiger partial charge is 0.0873 e. The Morgan fingerprint density at radius 1 is 0.654 bits per heavy atom. The van der Waals surface area contributed by atoms with Crippen molar-refractivity contribution in [2.75, 3.05) is 0 Å². The molecule has 0 aliphatic rings. The van der Waals surface area contributed by atoms with E-state index in [-0.39, 0.29) is 0 Å². The fourth-order valence-corrected chi connectivity index (χ4v) is 7.56. The first-order valence-corrected chi connectivity index (χ1v) is 13.0. The van der Waals surface area contributed by atoms with E-state index in [0.29, 0.717) is 20.3 Å². The van der Waals surface area contributed by atoms with Gasteiger partial charge in [-0.25, -0.2) is 0 Å². The maximum absolute atomic E-state index is 2.47. The van der Waals surface area contributed by atoms with Crippen molar-refractivity contribution in [3.05, 3.63) is 0 Å². The molecule has 0 N–H and O–H groups in total. The van der Waals surface area contributed by atoms with Gasteiger partial charge in [0.15, 0.2) is 0 Å². The van der Waals surface area contributed by atoms with Crippen LogP contribution in [-0.2, 0) is 0 Å². The maximum atomic E-state index is 2.47. The summed E-state index contributed by atoms with van der Waals surface area (Å²) in [5.41, 5.74) is 0.785. The van der Waals surface area contributed by atoms with E-state index < -0.39 is 0 Å². The van der Waals surface area contributed by atoms with E-state index >= 15 is 0 Å². The summed E-state index contributed by atoms with van der Waals surface area (Å²) in [5.74, 6) is 2.28. The molecule has 0 amide bonds. The summed E-state index contributed by atoms with van der Waals surface area (Å²) in [7, 11) is 4.25. The monoisotopic (exact) mass is 402 g/mol. The highest BCUT2D eigenvalue weighted by Crippen LogP contribution is 2.53. The van der Waals surface area contributed by atoms with Crippen LogP contribution in [0.15, 0.2) is 0 Å². The summed E-state index contributed by atoms with van der Waals surface area (Å²) >= 11 is 0. The third-order valence-corrected chi connectivity index (χ3v) is 10.8. The van der Waals surface area contributed by atoms with Crippen molar-refractivity contribution in [3.8, 4) is 0 Å². The third kappa shape index (κ3) is 9.26. The zero-order valence-electron chi connectivity index (χ0n) is 20.4. The SMILES string of the molecule is CCCC(C)C(C)(C)CC(C)(C)SSC(C)(C)CC(C)(C)C(C)C(C)C. The predicted molar refractivity (Wildman–Crippen MR) is 128 cm³/mol. The molecule has 0 nitrogen and oxygen atoms in total. The van der Waals surface area contributed by atoms with Crippen LogP contribution in [0, 0.1) is 28.6 Å². The molecule has 0 aromatic rings. The van der Waals surface area contributed by atoms with E-state index in [9.17, 15) is 0 Å². The molecule has 0 aliphatic heterocycles. The Kier molecular flexibility index (Phi) is 10.2. The summed E-state index contributed by atoms with van der Waals surface area (Å²) in [5, 5.41) is 0. The van der Waals surface area contributed by atoms with Gasteiger partial charge in [0.2, 0.25) is 0 Å². The molecule has 26 heavy (non-hydrogen) atoms. The van der Waals surface area contributed by atoms with Gasteiger partial charge in [-0.05, 0) is 69.1 Å². The Morgan fingerprint density at radius 3 is 1.38 bits per heavy atom. The molecule has 0 spiro atoms. The summed E-state index contributed by atoms with van der Waals surface area (Å²) in [6, 6.07) is 0.